The van der Waals surface area contributed by atoms with E-state index >= 15 is 0 Å². The van der Waals surface area contributed by atoms with Crippen LogP contribution in [0.5, 0.6) is 5.75 Å². The van der Waals surface area contributed by atoms with Crippen molar-refractivity contribution in [3.05, 3.63) is 29.8 Å². The highest BCUT2D eigenvalue weighted by Crippen LogP contribution is 2.18. The monoisotopic (exact) mass is 231 g/mol. The Balaban J connectivity index is 2.22. The lowest BCUT2D eigenvalue weighted by molar-refractivity contribution is 0.242. The summed E-state index contributed by atoms with van der Waals surface area (Å²) in [6.07, 6.45) is 1.78. The van der Waals surface area contributed by atoms with Gasteiger partial charge in [-0.2, -0.15) is 5.10 Å². The maximum Gasteiger partial charge on any atom is 0.122 e. The first kappa shape index (κ1) is 11.6. The second kappa shape index (κ2) is 4.99. The Morgan fingerprint density at radius 3 is 2.71 bits per heavy atom. The molecule has 0 spiro atoms. The van der Waals surface area contributed by atoms with Crippen molar-refractivity contribution in [3.8, 4) is 5.75 Å². The molecular weight excluding hydrogens is 214 g/mol. The molecule has 2 N–H and O–H groups in total. The molecule has 90 valence electrons. The summed E-state index contributed by atoms with van der Waals surface area (Å²) in [4.78, 5) is 0. The largest absolute Gasteiger partial charge is 0.491 e. The molecule has 0 saturated carbocycles. The zero-order valence-corrected chi connectivity index (χ0v) is 10.2. The minimum atomic E-state index is 0.173. The summed E-state index contributed by atoms with van der Waals surface area (Å²) in [6, 6.07) is 7.93. The molecule has 0 saturated heterocycles. The molecule has 0 aromatic heterocycles. The van der Waals surface area contributed by atoms with Gasteiger partial charge in [0.25, 0.3) is 0 Å². The van der Waals surface area contributed by atoms with Crippen LogP contribution in [0.2, 0.25) is 0 Å². The average molecular weight is 231 g/mol. The Morgan fingerprint density at radius 2 is 2.06 bits per heavy atom. The Hall–Kier alpha value is -1.84. The van der Waals surface area contributed by atoms with E-state index in [1.165, 1.54) is 0 Å². The van der Waals surface area contributed by atoms with Crippen molar-refractivity contribution >= 4 is 11.5 Å². The van der Waals surface area contributed by atoms with E-state index in [0.717, 1.165) is 29.9 Å². The van der Waals surface area contributed by atoms with E-state index in [1.54, 1.807) is 0 Å². The highest BCUT2D eigenvalue weighted by atomic mass is 16.5. The molecule has 2 rings (SSSR count). The highest BCUT2D eigenvalue weighted by molar-refractivity contribution is 6.04. The average Bonchev–Trinajstić information content (AvgIpc) is 2.29. The number of hydrogen-bond donors (Lipinski definition) is 1. The fraction of sp³-hybridized carbons (Fsp3) is 0.385. The van der Waals surface area contributed by atoms with Gasteiger partial charge in [0, 0.05) is 12.0 Å². The van der Waals surface area contributed by atoms with Crippen molar-refractivity contribution in [3.63, 3.8) is 0 Å². The van der Waals surface area contributed by atoms with Gasteiger partial charge in [-0.05, 0) is 32.4 Å². The van der Waals surface area contributed by atoms with Gasteiger partial charge in [0.05, 0.1) is 11.8 Å². The minimum absolute atomic E-state index is 0.173. The molecule has 1 aliphatic heterocycles. The van der Waals surface area contributed by atoms with E-state index < -0.39 is 0 Å². The van der Waals surface area contributed by atoms with Crippen LogP contribution < -0.4 is 10.5 Å². The van der Waals surface area contributed by atoms with Gasteiger partial charge < -0.3 is 10.5 Å². The van der Waals surface area contributed by atoms with Crippen LogP contribution in [0, 0.1) is 0 Å². The molecule has 4 nitrogen and oxygen atoms in total. The molecule has 1 aromatic rings. The Morgan fingerprint density at radius 1 is 1.24 bits per heavy atom. The lowest BCUT2D eigenvalue weighted by atomic mass is 10.0. The number of benzene rings is 1. The molecule has 1 aliphatic rings. The van der Waals surface area contributed by atoms with E-state index in [4.69, 9.17) is 10.5 Å². The van der Waals surface area contributed by atoms with Gasteiger partial charge in [0.1, 0.15) is 11.6 Å². The predicted molar refractivity (Wildman–Crippen MR) is 69.6 cm³/mol. The van der Waals surface area contributed by atoms with Gasteiger partial charge in [0.2, 0.25) is 0 Å². The quantitative estimate of drug-likeness (QED) is 0.867. The van der Waals surface area contributed by atoms with Crippen LogP contribution in [0.4, 0.5) is 0 Å². The second-order valence-electron chi connectivity index (χ2n) is 4.33. The number of rotatable bonds is 3. The first-order valence-corrected chi connectivity index (χ1v) is 5.81. The standard InChI is InChI=1S/C13H17N3O/c1-9(2)17-11-5-3-4-10(8-11)12-6-7-13(14)16-15-12/h3-5,8-9H,6-7H2,1-2H3,(H2,14,16). The Labute approximate surface area is 101 Å². The third kappa shape index (κ3) is 3.06. The van der Waals surface area contributed by atoms with E-state index in [-0.39, 0.29) is 6.10 Å². The highest BCUT2D eigenvalue weighted by Gasteiger charge is 2.10. The molecule has 0 fully saturated rings. The summed E-state index contributed by atoms with van der Waals surface area (Å²) >= 11 is 0. The number of nitrogens with zero attached hydrogens (tertiary/aromatic N) is 2. The van der Waals surface area contributed by atoms with Gasteiger partial charge in [0.15, 0.2) is 0 Å². The van der Waals surface area contributed by atoms with Crippen molar-refractivity contribution in [2.75, 3.05) is 0 Å². The molecule has 0 radical (unpaired) electrons. The van der Waals surface area contributed by atoms with Crippen LogP contribution in [0.15, 0.2) is 34.5 Å². The normalized spacial score (nSPS) is 15.5. The summed E-state index contributed by atoms with van der Waals surface area (Å²) in [5.41, 5.74) is 7.61. The molecule has 0 atom stereocenters. The van der Waals surface area contributed by atoms with Gasteiger partial charge in [-0.25, -0.2) is 0 Å². The van der Waals surface area contributed by atoms with E-state index in [1.807, 2.05) is 38.1 Å². The number of ether oxygens (including phenoxy) is 1. The topological polar surface area (TPSA) is 60.0 Å². The molecule has 1 heterocycles. The van der Waals surface area contributed by atoms with Crippen molar-refractivity contribution in [2.45, 2.75) is 32.8 Å². The van der Waals surface area contributed by atoms with Gasteiger partial charge >= 0.3 is 0 Å². The smallest absolute Gasteiger partial charge is 0.122 e. The molecule has 0 amide bonds. The second-order valence-corrected chi connectivity index (χ2v) is 4.33. The molecule has 1 aromatic carbocycles. The maximum absolute atomic E-state index is 5.65. The summed E-state index contributed by atoms with van der Waals surface area (Å²) in [5.74, 6) is 1.46. The first-order valence-electron chi connectivity index (χ1n) is 5.81. The summed E-state index contributed by atoms with van der Waals surface area (Å²) in [7, 11) is 0. The predicted octanol–water partition coefficient (Wildman–Crippen LogP) is 2.33. The molecule has 0 aliphatic carbocycles. The van der Waals surface area contributed by atoms with Gasteiger partial charge in [-0.3, -0.25) is 0 Å². The SMILES string of the molecule is CC(C)Oc1cccc(C2=NN=C(N)CC2)c1. The third-order valence-electron chi connectivity index (χ3n) is 2.46. The van der Waals surface area contributed by atoms with Crippen molar-refractivity contribution in [1.82, 2.24) is 0 Å². The zero-order chi connectivity index (χ0) is 12.3. The number of hydrogen-bond acceptors (Lipinski definition) is 4. The van der Waals surface area contributed by atoms with E-state index in [9.17, 15) is 0 Å². The number of amidine groups is 1. The fourth-order valence-corrected chi connectivity index (χ4v) is 1.69. The number of nitrogens with two attached hydrogens (primary N) is 1. The summed E-state index contributed by atoms with van der Waals surface area (Å²) in [6.45, 7) is 4.02. The third-order valence-corrected chi connectivity index (χ3v) is 2.46. The first-order chi connectivity index (χ1) is 8.15. The lowest BCUT2D eigenvalue weighted by Crippen LogP contribution is -2.17. The molecule has 4 heteroatoms. The Kier molecular flexibility index (Phi) is 3.42. The van der Waals surface area contributed by atoms with Gasteiger partial charge in [-0.1, -0.05) is 12.1 Å². The summed E-state index contributed by atoms with van der Waals surface area (Å²) in [5, 5.41) is 8.04. The van der Waals surface area contributed by atoms with Crippen molar-refractivity contribution in [2.24, 2.45) is 15.9 Å². The summed E-state index contributed by atoms with van der Waals surface area (Å²) < 4.78 is 5.65. The van der Waals surface area contributed by atoms with E-state index in [0.29, 0.717) is 5.84 Å². The van der Waals surface area contributed by atoms with Crippen molar-refractivity contribution < 1.29 is 4.74 Å². The van der Waals surface area contributed by atoms with Crippen LogP contribution >= 0.6 is 0 Å². The molecular formula is C13H17N3O. The van der Waals surface area contributed by atoms with Crippen molar-refractivity contribution in [1.29, 1.82) is 0 Å². The maximum atomic E-state index is 5.65. The van der Waals surface area contributed by atoms with Crippen LogP contribution in [0.3, 0.4) is 0 Å². The van der Waals surface area contributed by atoms with Crippen LogP contribution in [-0.2, 0) is 0 Å². The molecule has 0 unspecified atom stereocenters. The van der Waals surface area contributed by atoms with Gasteiger partial charge in [-0.15, -0.1) is 5.10 Å². The van der Waals surface area contributed by atoms with E-state index in [2.05, 4.69) is 10.2 Å². The lowest BCUT2D eigenvalue weighted by Gasteiger charge is -2.13. The van der Waals surface area contributed by atoms with Crippen LogP contribution in [-0.4, -0.2) is 17.7 Å². The molecule has 17 heavy (non-hydrogen) atoms. The fourth-order valence-electron chi connectivity index (χ4n) is 1.69. The molecule has 0 bridgehead atoms. The van der Waals surface area contributed by atoms with Crippen LogP contribution in [0.1, 0.15) is 32.3 Å². The van der Waals surface area contributed by atoms with Crippen LogP contribution in [0.25, 0.3) is 0 Å². The Bertz CT molecular complexity index is 463. The minimum Gasteiger partial charge on any atom is -0.491 e. The zero-order valence-electron chi connectivity index (χ0n) is 10.2.